The van der Waals surface area contributed by atoms with Crippen molar-refractivity contribution in [1.29, 1.82) is 0 Å². The highest BCUT2D eigenvalue weighted by Gasteiger charge is 2.05. The van der Waals surface area contributed by atoms with Gasteiger partial charge < -0.3 is 10.1 Å². The van der Waals surface area contributed by atoms with E-state index in [0.29, 0.717) is 6.04 Å². The summed E-state index contributed by atoms with van der Waals surface area (Å²) in [5.41, 5.74) is 2.54. The van der Waals surface area contributed by atoms with Crippen molar-refractivity contribution < 1.29 is 4.74 Å². The summed E-state index contributed by atoms with van der Waals surface area (Å²) in [6.07, 6.45) is 0. The Morgan fingerprint density at radius 2 is 1.89 bits per heavy atom. The van der Waals surface area contributed by atoms with Gasteiger partial charge >= 0.3 is 0 Å². The second-order valence-electron chi connectivity index (χ2n) is 4.51. The number of benzene rings is 2. The van der Waals surface area contributed by atoms with Crippen molar-refractivity contribution in [2.45, 2.75) is 19.5 Å². The van der Waals surface area contributed by atoms with Crippen molar-refractivity contribution in [3.8, 4) is 5.75 Å². The lowest BCUT2D eigenvalue weighted by Crippen LogP contribution is -2.18. The molecule has 1 N–H and O–H groups in total. The first kappa shape index (κ1) is 14.3. The highest BCUT2D eigenvalue weighted by Crippen LogP contribution is 2.19. The van der Waals surface area contributed by atoms with E-state index in [1.807, 2.05) is 12.1 Å². The molecule has 3 heteroatoms. The molecule has 2 aromatic carbocycles. The van der Waals surface area contributed by atoms with Gasteiger partial charge in [0, 0.05) is 16.2 Å². The number of hydrogen-bond acceptors (Lipinski definition) is 2. The van der Waals surface area contributed by atoms with Crippen LogP contribution in [-0.4, -0.2) is 7.11 Å². The lowest BCUT2D eigenvalue weighted by Gasteiger charge is -2.15. The predicted octanol–water partition coefficient (Wildman–Crippen LogP) is 4.15. The maximum absolute atomic E-state index is 5.25. The maximum atomic E-state index is 5.25. The predicted molar refractivity (Wildman–Crippen MR) is 87.4 cm³/mol. The van der Waals surface area contributed by atoms with Crippen LogP contribution < -0.4 is 10.1 Å². The van der Waals surface area contributed by atoms with E-state index in [1.54, 1.807) is 7.11 Å². The molecule has 0 aliphatic rings. The summed E-state index contributed by atoms with van der Waals surface area (Å²) in [4.78, 5) is 0. The van der Waals surface area contributed by atoms with Crippen LogP contribution in [0.15, 0.2) is 48.5 Å². The number of halogens is 1. The molecule has 2 nitrogen and oxygen atoms in total. The van der Waals surface area contributed by atoms with E-state index in [0.717, 1.165) is 12.3 Å². The molecule has 19 heavy (non-hydrogen) atoms. The molecular weight excluding hydrogens is 349 g/mol. The third-order valence-corrected chi connectivity index (χ3v) is 3.84. The Balaban J connectivity index is 1.96. The van der Waals surface area contributed by atoms with Gasteiger partial charge in [0.2, 0.25) is 0 Å². The monoisotopic (exact) mass is 367 g/mol. The van der Waals surface area contributed by atoms with Gasteiger partial charge in [0.1, 0.15) is 5.75 Å². The van der Waals surface area contributed by atoms with E-state index in [2.05, 4.69) is 71.2 Å². The van der Waals surface area contributed by atoms with Crippen molar-refractivity contribution in [2.24, 2.45) is 0 Å². The third-order valence-electron chi connectivity index (χ3n) is 3.12. The topological polar surface area (TPSA) is 21.3 Å². The summed E-state index contributed by atoms with van der Waals surface area (Å²) in [6.45, 7) is 3.04. The molecule has 2 rings (SSSR count). The average molecular weight is 367 g/mol. The number of hydrogen-bond donors (Lipinski definition) is 1. The summed E-state index contributed by atoms with van der Waals surface area (Å²) >= 11 is 2.32. The first-order chi connectivity index (χ1) is 9.19. The minimum absolute atomic E-state index is 0.300. The summed E-state index contributed by atoms with van der Waals surface area (Å²) < 4.78 is 6.52. The molecule has 1 atom stereocenters. The maximum Gasteiger partial charge on any atom is 0.119 e. The highest BCUT2D eigenvalue weighted by atomic mass is 127. The zero-order valence-corrected chi connectivity index (χ0v) is 13.3. The number of ether oxygens (including phenoxy) is 1. The van der Waals surface area contributed by atoms with Crippen molar-refractivity contribution in [2.75, 3.05) is 7.11 Å². The molecule has 0 aliphatic carbocycles. The molecular formula is C16H18INO. The molecule has 0 aromatic heterocycles. The van der Waals surface area contributed by atoms with Gasteiger partial charge in [-0.05, 0) is 64.9 Å². The number of methoxy groups -OCH3 is 1. The molecule has 2 aromatic rings. The molecule has 0 saturated carbocycles. The van der Waals surface area contributed by atoms with Crippen molar-refractivity contribution in [3.05, 3.63) is 63.2 Å². The van der Waals surface area contributed by atoms with Crippen LogP contribution in [0.5, 0.6) is 5.75 Å². The highest BCUT2D eigenvalue weighted by molar-refractivity contribution is 14.1. The Hall–Kier alpha value is -1.07. The number of rotatable bonds is 5. The van der Waals surface area contributed by atoms with E-state index in [-0.39, 0.29) is 0 Å². The van der Waals surface area contributed by atoms with Crippen LogP contribution in [0.1, 0.15) is 24.1 Å². The van der Waals surface area contributed by atoms with Gasteiger partial charge in [-0.2, -0.15) is 0 Å². The van der Waals surface area contributed by atoms with Crippen LogP contribution in [0, 0.1) is 3.57 Å². The largest absolute Gasteiger partial charge is 0.497 e. The Bertz CT molecular complexity index is 525. The Kier molecular flexibility index (Phi) is 5.22. The second kappa shape index (κ2) is 6.91. The molecule has 0 bridgehead atoms. The molecule has 0 spiro atoms. The zero-order valence-electron chi connectivity index (χ0n) is 11.2. The van der Waals surface area contributed by atoms with Crippen molar-refractivity contribution in [1.82, 2.24) is 5.32 Å². The molecule has 0 fully saturated rings. The second-order valence-corrected chi connectivity index (χ2v) is 5.75. The van der Waals surface area contributed by atoms with E-state index in [9.17, 15) is 0 Å². The van der Waals surface area contributed by atoms with Gasteiger partial charge in [0.15, 0.2) is 0 Å². The normalized spacial score (nSPS) is 12.2. The summed E-state index contributed by atoms with van der Waals surface area (Å²) in [6, 6.07) is 17.1. The Labute approximate surface area is 128 Å². The fourth-order valence-electron chi connectivity index (χ4n) is 1.90. The first-order valence-electron chi connectivity index (χ1n) is 6.31. The van der Waals surface area contributed by atoms with Crippen LogP contribution in [0.4, 0.5) is 0 Å². The molecule has 0 amide bonds. The average Bonchev–Trinajstić information content (AvgIpc) is 2.46. The van der Waals surface area contributed by atoms with Crippen LogP contribution >= 0.6 is 22.6 Å². The van der Waals surface area contributed by atoms with Gasteiger partial charge in [-0.3, -0.25) is 0 Å². The van der Waals surface area contributed by atoms with E-state index in [4.69, 9.17) is 4.74 Å². The fraction of sp³-hybridized carbons (Fsp3) is 0.250. The standard InChI is InChI=1S/C16H18INO/c1-12(14-4-3-5-16(10-14)19-2)18-11-13-6-8-15(17)9-7-13/h3-10,12,18H,11H2,1-2H3/t12-/m1/s1. The molecule has 0 saturated heterocycles. The van der Waals surface area contributed by atoms with Crippen LogP contribution in [0.2, 0.25) is 0 Å². The first-order valence-corrected chi connectivity index (χ1v) is 7.38. The summed E-state index contributed by atoms with van der Waals surface area (Å²) in [5, 5.41) is 3.53. The van der Waals surface area contributed by atoms with E-state index in [1.165, 1.54) is 14.7 Å². The lowest BCUT2D eigenvalue weighted by atomic mass is 10.1. The van der Waals surface area contributed by atoms with Gasteiger partial charge in [0.05, 0.1) is 7.11 Å². The molecule has 0 radical (unpaired) electrons. The number of nitrogens with one attached hydrogen (secondary N) is 1. The van der Waals surface area contributed by atoms with Gasteiger partial charge in [-0.15, -0.1) is 0 Å². The van der Waals surface area contributed by atoms with Crippen LogP contribution in [0.25, 0.3) is 0 Å². The van der Waals surface area contributed by atoms with Crippen molar-refractivity contribution >= 4 is 22.6 Å². The SMILES string of the molecule is COc1cccc([C@@H](C)NCc2ccc(I)cc2)c1. The smallest absolute Gasteiger partial charge is 0.119 e. The van der Waals surface area contributed by atoms with Gasteiger partial charge in [0.25, 0.3) is 0 Å². The Morgan fingerprint density at radius 1 is 1.16 bits per heavy atom. The third kappa shape index (κ3) is 4.21. The molecule has 100 valence electrons. The Morgan fingerprint density at radius 3 is 2.58 bits per heavy atom. The van der Waals surface area contributed by atoms with E-state index < -0.39 is 0 Å². The van der Waals surface area contributed by atoms with Gasteiger partial charge in [-0.25, -0.2) is 0 Å². The molecule has 0 heterocycles. The fourth-order valence-corrected chi connectivity index (χ4v) is 2.26. The summed E-state index contributed by atoms with van der Waals surface area (Å²) in [7, 11) is 1.70. The molecule has 0 aliphatic heterocycles. The quantitative estimate of drug-likeness (QED) is 0.802. The zero-order chi connectivity index (χ0) is 13.7. The minimum atomic E-state index is 0.300. The van der Waals surface area contributed by atoms with Crippen LogP contribution in [0.3, 0.4) is 0 Å². The van der Waals surface area contributed by atoms with Crippen molar-refractivity contribution in [3.63, 3.8) is 0 Å². The van der Waals surface area contributed by atoms with Gasteiger partial charge in [-0.1, -0.05) is 24.3 Å². The van der Waals surface area contributed by atoms with E-state index >= 15 is 0 Å². The summed E-state index contributed by atoms with van der Waals surface area (Å²) in [5.74, 6) is 0.903. The van der Waals surface area contributed by atoms with Crippen LogP contribution in [-0.2, 0) is 6.54 Å². The minimum Gasteiger partial charge on any atom is -0.497 e. The lowest BCUT2D eigenvalue weighted by molar-refractivity contribution is 0.413. The molecule has 0 unspecified atom stereocenters.